The van der Waals surface area contributed by atoms with Gasteiger partial charge in [0.05, 0.1) is 20.3 Å². The number of allylic oxidation sites excluding steroid dienone is 6. The molecule has 0 heterocycles. The lowest BCUT2D eigenvalue weighted by Crippen LogP contribution is -2.20. The highest BCUT2D eigenvalue weighted by Gasteiger charge is 1.98. The summed E-state index contributed by atoms with van der Waals surface area (Å²) in [6.45, 7) is 7.28. The van der Waals surface area contributed by atoms with E-state index in [1.807, 2.05) is 18.2 Å². The Kier molecular flexibility index (Phi) is 9.18. The molecule has 68 valence electrons. The highest BCUT2D eigenvalue weighted by atomic mass is 16.1. The largest absolute Gasteiger partial charge is 0.316 e. The number of hydrogen-bond donors (Lipinski definition) is 0. The van der Waals surface area contributed by atoms with Crippen molar-refractivity contribution in [3.8, 4) is 0 Å². The van der Waals surface area contributed by atoms with Crippen molar-refractivity contribution >= 4 is 34.6 Å². The van der Waals surface area contributed by atoms with E-state index >= 15 is 0 Å². The van der Waals surface area contributed by atoms with Crippen LogP contribution in [0.3, 0.4) is 0 Å². The van der Waals surface area contributed by atoms with Crippen molar-refractivity contribution in [3.63, 3.8) is 0 Å². The van der Waals surface area contributed by atoms with Crippen LogP contribution >= 0.6 is 0 Å². The fourth-order valence-corrected chi connectivity index (χ4v) is 1.12. The van der Waals surface area contributed by atoms with Gasteiger partial charge in [0.15, 0.2) is 7.17 Å². The van der Waals surface area contributed by atoms with Crippen LogP contribution < -0.4 is 0 Å². The number of rotatable bonds is 8. The van der Waals surface area contributed by atoms with Crippen LogP contribution in [0.2, 0.25) is 0 Å². The second kappa shape index (κ2) is 9.97. The first-order valence-corrected chi connectivity index (χ1v) is 4.89. The molecule has 0 aliphatic heterocycles. The second-order valence-electron chi connectivity index (χ2n) is 2.98. The molecule has 0 rings (SSSR count). The van der Waals surface area contributed by atoms with Crippen LogP contribution in [0.15, 0.2) is 49.0 Å². The molecule has 0 aliphatic rings. The van der Waals surface area contributed by atoms with E-state index in [1.54, 1.807) is 12.2 Å². The second-order valence-corrected chi connectivity index (χ2v) is 2.98. The average Bonchev–Trinajstić information content (AvgIpc) is 2.20. The van der Waals surface area contributed by atoms with Gasteiger partial charge in [-0.05, 0) is 0 Å². The third-order valence-corrected chi connectivity index (χ3v) is 1.82. The molecular weight excluding hydrogens is 167 g/mol. The molecule has 5 heteroatoms. The fourth-order valence-electron chi connectivity index (χ4n) is 1.12. The van der Waals surface area contributed by atoms with Gasteiger partial charge in [-0.1, -0.05) is 49.0 Å². The summed E-state index contributed by atoms with van der Waals surface area (Å²) in [5, 5.41) is 0. The maximum Gasteiger partial charge on any atom is 0.156 e. The van der Waals surface area contributed by atoms with Crippen molar-refractivity contribution in [2.24, 2.45) is 0 Å². The van der Waals surface area contributed by atoms with Crippen molar-refractivity contribution in [1.82, 2.24) is 0 Å². The molecule has 0 radical (unpaired) electrons. The summed E-state index contributed by atoms with van der Waals surface area (Å²) in [7, 11) is 3.65. The van der Waals surface area contributed by atoms with Crippen LogP contribution in [-0.4, -0.2) is 34.6 Å². The van der Waals surface area contributed by atoms with Crippen LogP contribution in [0.25, 0.3) is 0 Å². The van der Waals surface area contributed by atoms with Crippen molar-refractivity contribution in [2.75, 3.05) is 0 Å². The third-order valence-electron chi connectivity index (χ3n) is 1.82. The molecule has 0 saturated carbocycles. The molecule has 14 heavy (non-hydrogen) atoms. The van der Waals surface area contributed by atoms with E-state index in [0.717, 1.165) is 27.5 Å². The fraction of sp³-hybridized carbons (Fsp3) is 0. The van der Waals surface area contributed by atoms with E-state index in [9.17, 15) is 4.79 Å². The average molecular weight is 181 g/mol. The van der Waals surface area contributed by atoms with Gasteiger partial charge in [0, 0.05) is 0 Å². The van der Waals surface area contributed by atoms with Crippen LogP contribution in [0.5, 0.6) is 0 Å². The first-order valence-electron chi connectivity index (χ1n) is 4.89. The van der Waals surface area contributed by atoms with E-state index in [1.165, 1.54) is 5.47 Å². The van der Waals surface area contributed by atoms with Gasteiger partial charge in [0.1, 0.15) is 7.17 Å². The summed E-state index contributed by atoms with van der Waals surface area (Å²) in [5.74, 6) is 0. The minimum atomic E-state index is 0.659. The molecule has 0 spiro atoms. The van der Waals surface area contributed by atoms with Crippen molar-refractivity contribution in [2.45, 2.75) is 0 Å². The van der Waals surface area contributed by atoms with E-state index < -0.39 is 0 Å². The zero-order valence-electron chi connectivity index (χ0n) is 8.61. The van der Waals surface area contributed by atoms with Crippen molar-refractivity contribution < 1.29 is 4.79 Å². The molecule has 0 aromatic heterocycles. The quantitative estimate of drug-likeness (QED) is 0.213. The lowest BCUT2D eigenvalue weighted by Gasteiger charge is -1.95. The number of carbonyl (C=O) groups is 1. The van der Waals surface area contributed by atoms with Crippen LogP contribution in [0.4, 0.5) is 0 Å². The molecule has 0 bridgehead atoms. The Morgan fingerprint density at radius 2 is 1.93 bits per heavy atom. The van der Waals surface area contributed by atoms with Gasteiger partial charge in [-0.25, -0.2) is 0 Å². The molecule has 0 aliphatic carbocycles. The summed E-state index contributed by atoms with van der Waals surface area (Å²) < 4.78 is 0. The number of hydrogen-bond acceptors (Lipinski definition) is 1. The van der Waals surface area contributed by atoms with Gasteiger partial charge in [0.2, 0.25) is 0 Å². The molecule has 0 aromatic carbocycles. The summed E-state index contributed by atoms with van der Waals surface area (Å²) >= 11 is 0. The predicted octanol–water partition coefficient (Wildman–Crippen LogP) is -0.520. The SMILES string of the molecule is C=C/C=C\C(BBBBC=O)=C/C=C. The Morgan fingerprint density at radius 3 is 2.50 bits per heavy atom. The molecule has 0 N–H and O–H groups in total. The Balaban J connectivity index is 3.91. The lowest BCUT2D eigenvalue weighted by molar-refractivity contribution is 0.569. The summed E-state index contributed by atoms with van der Waals surface area (Å²) in [6, 6.07) is 0. The summed E-state index contributed by atoms with van der Waals surface area (Å²) in [6.07, 6.45) is 10.4. The van der Waals surface area contributed by atoms with Gasteiger partial charge in [-0.2, -0.15) is 0 Å². The highest BCUT2D eigenvalue weighted by Crippen LogP contribution is 1.94. The Labute approximate surface area is 89.0 Å². The topological polar surface area (TPSA) is 17.1 Å². The Morgan fingerprint density at radius 1 is 1.14 bits per heavy atom. The smallest absolute Gasteiger partial charge is 0.156 e. The number of carbonyl (C=O) groups excluding carboxylic acids is 1. The molecule has 1 nitrogen and oxygen atoms in total. The minimum Gasteiger partial charge on any atom is -0.316 e. The van der Waals surface area contributed by atoms with E-state index in [4.69, 9.17) is 0 Å². The van der Waals surface area contributed by atoms with Crippen LogP contribution in [-0.2, 0) is 4.79 Å². The lowest BCUT2D eigenvalue weighted by atomic mass is 9.07. The maximum absolute atomic E-state index is 10.1. The van der Waals surface area contributed by atoms with Gasteiger partial charge in [-0.15, -0.1) is 0 Å². The van der Waals surface area contributed by atoms with Gasteiger partial charge in [0.25, 0.3) is 0 Å². The summed E-state index contributed by atoms with van der Waals surface area (Å²) in [4.78, 5) is 10.1. The highest BCUT2D eigenvalue weighted by molar-refractivity contribution is 7.48. The van der Waals surface area contributed by atoms with Crippen molar-refractivity contribution in [1.29, 1.82) is 0 Å². The molecule has 0 saturated heterocycles. The van der Waals surface area contributed by atoms with Gasteiger partial charge >= 0.3 is 0 Å². The zero-order valence-corrected chi connectivity index (χ0v) is 8.61. The summed E-state index contributed by atoms with van der Waals surface area (Å²) in [5.41, 5.74) is 1.23. The zero-order chi connectivity index (χ0) is 10.6. The molecule has 0 fully saturated rings. The minimum absolute atomic E-state index is 0.659. The first-order chi connectivity index (χ1) is 6.85. The normalized spacial score (nSPS) is 10.4. The van der Waals surface area contributed by atoms with Crippen LogP contribution in [0.1, 0.15) is 0 Å². The molecule has 0 amide bonds. The van der Waals surface area contributed by atoms with E-state index in [-0.39, 0.29) is 0 Å². The van der Waals surface area contributed by atoms with Crippen molar-refractivity contribution in [3.05, 3.63) is 49.0 Å². The monoisotopic (exact) mass is 182 g/mol. The molecule has 0 unspecified atom stereocenters. The van der Waals surface area contributed by atoms with E-state index in [0.29, 0.717) is 7.17 Å². The Hall–Kier alpha value is -1.11. The molecule has 0 aromatic rings. The molecule has 0 atom stereocenters. The standard InChI is InChI=1S/C9H14B4O/c1-3-5-7-9(6-4-2)11-13-12-10-8-14/h3-8,10-13H,1-2H2/b7-5-,9-6+. The van der Waals surface area contributed by atoms with Gasteiger partial charge < -0.3 is 4.79 Å². The predicted molar refractivity (Wildman–Crippen MR) is 73.0 cm³/mol. The van der Waals surface area contributed by atoms with E-state index in [2.05, 4.69) is 13.2 Å². The van der Waals surface area contributed by atoms with Crippen LogP contribution in [0, 0.1) is 0 Å². The third kappa shape index (κ3) is 7.53. The molecular formula is C9H14B4O. The maximum atomic E-state index is 10.1. The van der Waals surface area contributed by atoms with Gasteiger partial charge in [-0.3, -0.25) is 0 Å². The first kappa shape index (κ1) is 12.9. The Bertz CT molecular complexity index is 245.